The number of carboxylic acid groups (broad SMARTS) is 1. The maximum Gasteiger partial charge on any atom is 0.418 e. The van der Waals surface area contributed by atoms with Crippen LogP contribution >= 0.6 is 0 Å². The van der Waals surface area contributed by atoms with Gasteiger partial charge in [0, 0.05) is 11.8 Å². The summed E-state index contributed by atoms with van der Waals surface area (Å²) in [7, 11) is 0. The highest BCUT2D eigenvalue weighted by molar-refractivity contribution is 5.87. The molecule has 0 spiro atoms. The van der Waals surface area contributed by atoms with Crippen LogP contribution in [0.2, 0.25) is 0 Å². The number of nitrogens with one attached hydrogen (secondary N) is 1. The van der Waals surface area contributed by atoms with E-state index < -0.39 is 47.3 Å². The molecule has 1 aliphatic heterocycles. The van der Waals surface area contributed by atoms with Gasteiger partial charge in [0.15, 0.2) is 11.2 Å². The number of carboxylic acids is 1. The second-order valence-electron chi connectivity index (χ2n) is 6.77. The van der Waals surface area contributed by atoms with Gasteiger partial charge in [-0.25, -0.2) is 22.9 Å². The van der Waals surface area contributed by atoms with Crippen LogP contribution in [0.1, 0.15) is 28.5 Å². The molecule has 0 amide bonds. The summed E-state index contributed by atoms with van der Waals surface area (Å²) in [5.74, 6) is -6.10. The van der Waals surface area contributed by atoms with Crippen molar-refractivity contribution >= 4 is 17.5 Å². The van der Waals surface area contributed by atoms with Crippen molar-refractivity contribution in [1.82, 2.24) is 4.98 Å². The van der Waals surface area contributed by atoms with E-state index in [4.69, 9.17) is 21.3 Å². The fraction of sp³-hybridized carbons (Fsp3) is 0.316. The molecule has 2 heterocycles. The Morgan fingerprint density at radius 1 is 1.28 bits per heavy atom. The summed E-state index contributed by atoms with van der Waals surface area (Å²) < 4.78 is 83.2. The second kappa shape index (κ2) is 9.02. The number of alkyl halides is 5. The van der Waals surface area contributed by atoms with E-state index in [0.29, 0.717) is 6.07 Å². The number of aromatic carboxylic acids is 1. The maximum atomic E-state index is 14.2. The molecule has 0 bridgehead atoms. The van der Waals surface area contributed by atoms with Gasteiger partial charge >= 0.3 is 12.1 Å². The van der Waals surface area contributed by atoms with Crippen molar-refractivity contribution in [2.75, 3.05) is 13.2 Å². The molecule has 1 aromatic carbocycles. The summed E-state index contributed by atoms with van der Waals surface area (Å²) in [6.45, 7) is -0.0465. The Morgan fingerprint density at radius 3 is 2.50 bits per heavy atom. The second-order valence-corrected chi connectivity index (χ2v) is 6.77. The van der Waals surface area contributed by atoms with Crippen molar-refractivity contribution in [1.29, 1.82) is 0 Å². The van der Waals surface area contributed by atoms with Gasteiger partial charge in [-0.15, -0.1) is 5.69 Å². The van der Waals surface area contributed by atoms with Crippen LogP contribution in [0.3, 0.4) is 0 Å². The molecule has 2 aromatic rings. The largest absolute Gasteiger partial charge is 0.699 e. The van der Waals surface area contributed by atoms with Crippen molar-refractivity contribution in [3.05, 3.63) is 64.9 Å². The van der Waals surface area contributed by atoms with Crippen molar-refractivity contribution in [3.63, 3.8) is 0 Å². The molecule has 1 unspecified atom stereocenters. The molecule has 174 valence electrons. The first-order valence-corrected chi connectivity index (χ1v) is 8.76. The number of aliphatic imine (C=N–C) groups is 1. The minimum Gasteiger partial charge on any atom is -0.699 e. The monoisotopic (exact) mass is 463 g/mol. The number of rotatable bonds is 2. The molecule has 32 heavy (non-hydrogen) atoms. The zero-order valence-electron chi connectivity index (χ0n) is 16.4. The third-order valence-electron chi connectivity index (χ3n) is 4.42. The smallest absolute Gasteiger partial charge is 0.418 e. The molecule has 1 atom stereocenters. The first kappa shape index (κ1) is 24.9. The summed E-state index contributed by atoms with van der Waals surface area (Å²) in [6, 6.07) is 4.90. The summed E-state index contributed by atoms with van der Waals surface area (Å²) in [6.07, 6.45) is -3.68. The molecule has 0 saturated carbocycles. The zero-order chi connectivity index (χ0) is 24.3. The first-order chi connectivity index (χ1) is 14.7. The van der Waals surface area contributed by atoms with Gasteiger partial charge in [0.25, 0.3) is 5.92 Å². The molecule has 0 aliphatic carbocycles. The van der Waals surface area contributed by atoms with Crippen molar-refractivity contribution in [2.24, 2.45) is 10.7 Å². The molecule has 7 nitrogen and oxygen atoms in total. The first-order valence-electron chi connectivity index (χ1n) is 8.76. The molecule has 1 aliphatic rings. The number of nitrogens with zero attached hydrogens (tertiary/aromatic N) is 2. The van der Waals surface area contributed by atoms with Crippen LogP contribution in [0.25, 0.3) is 5.73 Å². The van der Waals surface area contributed by atoms with Gasteiger partial charge in [-0.3, -0.25) is 4.99 Å². The number of nitrogens with two attached hydrogens (primary N) is 1. The topological polar surface area (TPSA) is 122 Å². The van der Waals surface area contributed by atoms with Gasteiger partial charge in [-0.1, -0.05) is 12.1 Å². The van der Waals surface area contributed by atoms with Crippen molar-refractivity contribution in [2.45, 2.75) is 24.6 Å². The predicted molar refractivity (Wildman–Crippen MR) is 101 cm³/mol. The van der Waals surface area contributed by atoms with Gasteiger partial charge in [0.1, 0.15) is 24.9 Å². The number of aromatic nitrogens is 1. The number of carbonyl (C=O) groups is 1. The summed E-state index contributed by atoms with van der Waals surface area (Å²) in [4.78, 5) is 17.2. The number of halogens is 6. The number of ether oxygens (including phenoxy) is 1. The molecule has 4 N–H and O–H groups in total. The van der Waals surface area contributed by atoms with Crippen LogP contribution in [0.15, 0.2) is 41.5 Å². The highest BCUT2D eigenvalue weighted by atomic mass is 19.4. The predicted octanol–water partition coefficient (Wildman–Crippen LogP) is 4.55. The van der Waals surface area contributed by atoms with Gasteiger partial charge in [0.2, 0.25) is 0 Å². The van der Waals surface area contributed by atoms with E-state index >= 15 is 0 Å². The average Bonchev–Trinajstić information content (AvgIpc) is 2.79. The minimum atomic E-state index is -4.68. The Hall–Kier alpha value is -3.35. The lowest BCUT2D eigenvalue weighted by Gasteiger charge is -2.33. The van der Waals surface area contributed by atoms with Crippen LogP contribution in [-0.4, -0.2) is 41.0 Å². The van der Waals surface area contributed by atoms with E-state index in [2.05, 4.69) is 9.98 Å². The van der Waals surface area contributed by atoms with Crippen LogP contribution in [-0.2, 0) is 16.5 Å². The highest BCUT2D eigenvalue weighted by Crippen LogP contribution is 2.44. The van der Waals surface area contributed by atoms with Gasteiger partial charge in [0.05, 0.1) is 5.56 Å². The summed E-state index contributed by atoms with van der Waals surface area (Å²) >= 11 is 0. The van der Waals surface area contributed by atoms with Crippen molar-refractivity contribution in [3.8, 4) is 0 Å². The lowest BCUT2D eigenvalue weighted by Crippen LogP contribution is -2.45. The number of hydrogen-bond acceptors (Lipinski definition) is 5. The van der Waals surface area contributed by atoms with E-state index in [1.54, 1.807) is 0 Å². The summed E-state index contributed by atoms with van der Waals surface area (Å²) in [5, 5.41) is 8.37. The molecular weight excluding hydrogens is 446 g/mol. The Morgan fingerprint density at radius 2 is 1.94 bits per heavy atom. The van der Waals surface area contributed by atoms with E-state index in [9.17, 15) is 31.1 Å². The lowest BCUT2D eigenvalue weighted by atomic mass is 9.85. The lowest BCUT2D eigenvalue weighted by molar-refractivity contribution is -0.138. The number of pyridine rings is 1. The van der Waals surface area contributed by atoms with Gasteiger partial charge < -0.3 is 21.3 Å². The maximum absolute atomic E-state index is 14.2. The Labute approximate surface area is 177 Å². The molecular formula is C19H17F6N4O3-. The van der Waals surface area contributed by atoms with Crippen LogP contribution < -0.4 is 5.73 Å². The molecule has 1 aromatic heterocycles. The quantitative estimate of drug-likeness (QED) is 0.633. The normalized spacial score (nSPS) is 20.4. The SMILES string of the molecule is CC1(c2cc([NH-])ccc2F)N=C(N)COCC1(F)F.O=C(O)c1ncccc1C(F)(F)F. The van der Waals surface area contributed by atoms with E-state index in [-0.39, 0.29) is 23.7 Å². The van der Waals surface area contributed by atoms with E-state index in [1.807, 2.05) is 0 Å². The number of benzene rings is 1. The van der Waals surface area contributed by atoms with E-state index in [1.165, 1.54) is 6.07 Å². The van der Waals surface area contributed by atoms with Gasteiger partial charge in [-0.05, 0) is 25.1 Å². The number of hydrogen-bond donors (Lipinski definition) is 2. The Balaban J connectivity index is 0.000000244. The van der Waals surface area contributed by atoms with Crippen LogP contribution in [0.4, 0.5) is 32.0 Å². The Kier molecular flexibility index (Phi) is 7.03. The van der Waals surface area contributed by atoms with E-state index in [0.717, 1.165) is 31.3 Å². The Bertz CT molecular complexity index is 1030. The minimum absolute atomic E-state index is 0.0765. The van der Waals surface area contributed by atoms with Crippen LogP contribution in [0.5, 0.6) is 0 Å². The molecule has 0 saturated heterocycles. The number of amidine groups is 1. The average molecular weight is 463 g/mol. The van der Waals surface area contributed by atoms with Gasteiger partial charge in [-0.2, -0.15) is 13.2 Å². The molecule has 13 heteroatoms. The van der Waals surface area contributed by atoms with Crippen molar-refractivity contribution < 1.29 is 41.0 Å². The third kappa shape index (κ3) is 5.28. The summed E-state index contributed by atoms with van der Waals surface area (Å²) in [5.41, 5.74) is 8.09. The van der Waals surface area contributed by atoms with Crippen LogP contribution in [0, 0.1) is 5.82 Å². The fourth-order valence-electron chi connectivity index (χ4n) is 2.79. The standard InChI is InChI=1S/C12H13F3N3O.C7H4F3NO2/c1-11(8-4-7(16)2-3-9(8)13)12(14,15)6-19-5-10(17)18-11;8-7(9,10)4-2-1-3-11-5(4)6(12)13/h2-4,16H,5-6H2,1H3,(H2,17,18);1-3H,(H,12,13)/q-1;. The third-order valence-corrected chi connectivity index (χ3v) is 4.42. The fourth-order valence-corrected chi connectivity index (χ4v) is 2.79. The zero-order valence-corrected chi connectivity index (χ0v) is 16.4. The molecule has 0 radical (unpaired) electrons. The highest BCUT2D eigenvalue weighted by Gasteiger charge is 2.54. The molecule has 0 fully saturated rings. The molecule has 3 rings (SSSR count).